The number of benzene rings is 4. The van der Waals surface area contributed by atoms with Crippen LogP contribution in [0.5, 0.6) is 5.75 Å². The first-order valence-electron chi connectivity index (χ1n) is 11.5. The molecule has 0 aliphatic carbocycles. The van der Waals surface area contributed by atoms with Gasteiger partial charge in [-0.3, -0.25) is 0 Å². The molecule has 4 aromatic carbocycles. The van der Waals surface area contributed by atoms with Crippen LogP contribution in [0.4, 0.5) is 0 Å². The van der Waals surface area contributed by atoms with Crippen molar-refractivity contribution in [2.24, 2.45) is 0 Å². The third-order valence-electron chi connectivity index (χ3n) is 6.21. The zero-order valence-corrected chi connectivity index (χ0v) is 20.4. The lowest BCUT2D eigenvalue weighted by molar-refractivity contribution is 0.0472. The molecular weight excluding hydrogens is 494 g/mol. The average Bonchev–Trinajstić information content (AvgIpc) is 3.74. The standard InChI is InChI=1S/C28H23NO7S/c30-26-16-21-7-8-22(14-23(21)15-24(26)13-18-1-5-20(6-2-18)27(31)32)28(33)36-17-19-3-9-25(10-4-19)37(34,35)29-11-12-29/h1-10,14-16,30H,11-13,17H2,(H,31,32). The molecule has 8 nitrogen and oxygen atoms in total. The number of phenols is 1. The highest BCUT2D eigenvalue weighted by Crippen LogP contribution is 2.28. The minimum absolute atomic E-state index is 0.00587. The van der Waals surface area contributed by atoms with Gasteiger partial charge in [-0.05, 0) is 76.0 Å². The Bertz CT molecular complexity index is 1610. The normalized spacial score (nSPS) is 13.4. The number of carbonyl (C=O) groups is 2. The fraction of sp³-hybridized carbons (Fsp3) is 0.143. The van der Waals surface area contributed by atoms with E-state index in [1.54, 1.807) is 54.6 Å². The van der Waals surface area contributed by atoms with Gasteiger partial charge < -0.3 is 14.9 Å². The second-order valence-electron chi connectivity index (χ2n) is 8.85. The van der Waals surface area contributed by atoms with Gasteiger partial charge in [0.15, 0.2) is 0 Å². The summed E-state index contributed by atoms with van der Waals surface area (Å²) in [7, 11) is -3.43. The number of phenolic OH excluding ortho intramolecular Hbond substituents is 1. The van der Waals surface area contributed by atoms with Crippen LogP contribution in [0.3, 0.4) is 0 Å². The van der Waals surface area contributed by atoms with Crippen LogP contribution in [-0.4, -0.2) is 48.0 Å². The summed E-state index contributed by atoms with van der Waals surface area (Å²) in [5, 5.41) is 21.0. The van der Waals surface area contributed by atoms with E-state index in [0.29, 0.717) is 36.2 Å². The van der Waals surface area contributed by atoms with Gasteiger partial charge in [-0.25, -0.2) is 18.0 Å². The van der Waals surface area contributed by atoms with Crippen LogP contribution in [0.15, 0.2) is 83.8 Å². The number of aromatic hydroxyl groups is 1. The maximum Gasteiger partial charge on any atom is 0.338 e. The molecule has 1 aliphatic rings. The smallest absolute Gasteiger partial charge is 0.338 e. The summed E-state index contributed by atoms with van der Waals surface area (Å²) in [6.07, 6.45) is 0.389. The van der Waals surface area contributed by atoms with Crippen molar-refractivity contribution in [3.05, 3.63) is 107 Å². The second-order valence-corrected chi connectivity index (χ2v) is 10.8. The lowest BCUT2D eigenvalue weighted by atomic mass is 9.98. The Morgan fingerprint density at radius 3 is 2.11 bits per heavy atom. The Kier molecular flexibility index (Phi) is 6.41. The quantitative estimate of drug-likeness (QED) is 0.265. The van der Waals surface area contributed by atoms with Crippen molar-refractivity contribution in [3.63, 3.8) is 0 Å². The molecule has 0 radical (unpaired) electrons. The molecule has 2 N–H and O–H groups in total. The molecule has 4 aromatic rings. The molecule has 0 unspecified atom stereocenters. The zero-order valence-electron chi connectivity index (χ0n) is 19.6. The second kappa shape index (κ2) is 9.68. The average molecular weight is 518 g/mol. The maximum atomic E-state index is 12.7. The number of hydrogen-bond donors (Lipinski definition) is 2. The van der Waals surface area contributed by atoms with E-state index in [9.17, 15) is 23.1 Å². The minimum atomic E-state index is -3.43. The van der Waals surface area contributed by atoms with E-state index in [0.717, 1.165) is 16.3 Å². The van der Waals surface area contributed by atoms with E-state index < -0.39 is 22.0 Å². The molecule has 1 aliphatic heterocycles. The van der Waals surface area contributed by atoms with Gasteiger partial charge in [-0.1, -0.05) is 30.3 Å². The van der Waals surface area contributed by atoms with E-state index in [2.05, 4.69) is 0 Å². The number of hydrogen-bond acceptors (Lipinski definition) is 6. The third kappa shape index (κ3) is 5.32. The summed E-state index contributed by atoms with van der Waals surface area (Å²) in [6, 6.07) is 21.2. The van der Waals surface area contributed by atoms with Gasteiger partial charge in [0.05, 0.1) is 16.0 Å². The summed E-state index contributed by atoms with van der Waals surface area (Å²) in [6.45, 7) is 1.07. The molecule has 1 fully saturated rings. The highest BCUT2D eigenvalue weighted by molar-refractivity contribution is 7.89. The molecule has 188 valence electrons. The van der Waals surface area contributed by atoms with Gasteiger partial charge in [0.2, 0.25) is 10.0 Å². The topological polar surface area (TPSA) is 121 Å². The van der Waals surface area contributed by atoms with Gasteiger partial charge in [0.1, 0.15) is 12.4 Å². The number of carbonyl (C=O) groups excluding carboxylic acids is 1. The van der Waals surface area contributed by atoms with Crippen LogP contribution < -0.4 is 0 Å². The number of carboxylic acids is 1. The molecule has 0 amide bonds. The lowest BCUT2D eigenvalue weighted by Crippen LogP contribution is -2.11. The Morgan fingerprint density at radius 1 is 0.811 bits per heavy atom. The molecular formula is C28H23NO7S. The van der Waals surface area contributed by atoms with Crippen LogP contribution in [-0.2, 0) is 27.8 Å². The fourth-order valence-electron chi connectivity index (χ4n) is 4.01. The third-order valence-corrected chi connectivity index (χ3v) is 8.12. The summed E-state index contributed by atoms with van der Waals surface area (Å²) in [5.41, 5.74) is 2.67. The predicted molar refractivity (Wildman–Crippen MR) is 136 cm³/mol. The number of esters is 1. The van der Waals surface area contributed by atoms with Gasteiger partial charge in [0.25, 0.3) is 0 Å². The van der Waals surface area contributed by atoms with Gasteiger partial charge in [-0.15, -0.1) is 0 Å². The van der Waals surface area contributed by atoms with E-state index in [1.165, 1.54) is 28.6 Å². The summed E-state index contributed by atoms with van der Waals surface area (Å²) in [4.78, 5) is 24.0. The maximum absolute atomic E-state index is 12.7. The van der Waals surface area contributed by atoms with Crippen LogP contribution in [0.25, 0.3) is 10.8 Å². The van der Waals surface area contributed by atoms with Crippen LogP contribution in [0.1, 0.15) is 37.4 Å². The van der Waals surface area contributed by atoms with Gasteiger partial charge >= 0.3 is 11.9 Å². The minimum Gasteiger partial charge on any atom is -0.508 e. The molecule has 0 spiro atoms. The molecule has 5 rings (SSSR count). The number of sulfonamides is 1. The van der Waals surface area contributed by atoms with Crippen molar-refractivity contribution in [1.29, 1.82) is 0 Å². The molecule has 0 bridgehead atoms. The SMILES string of the molecule is O=C(O)c1ccc(Cc2cc3cc(C(=O)OCc4ccc(S(=O)(=O)N5CC5)cc4)ccc3cc2O)cc1. The summed E-state index contributed by atoms with van der Waals surface area (Å²) in [5.74, 6) is -1.42. The molecule has 1 heterocycles. The van der Waals surface area contributed by atoms with E-state index in [4.69, 9.17) is 9.84 Å². The first-order chi connectivity index (χ1) is 17.7. The fourth-order valence-corrected chi connectivity index (χ4v) is 5.35. The predicted octanol–water partition coefficient (Wildman–Crippen LogP) is 4.20. The number of nitrogens with zero attached hydrogens (tertiary/aromatic N) is 1. The van der Waals surface area contributed by atoms with Crippen molar-refractivity contribution in [3.8, 4) is 5.75 Å². The van der Waals surface area contributed by atoms with Crippen molar-refractivity contribution in [2.75, 3.05) is 13.1 Å². The molecule has 9 heteroatoms. The number of rotatable bonds is 8. The van der Waals surface area contributed by atoms with Crippen molar-refractivity contribution in [2.45, 2.75) is 17.9 Å². The van der Waals surface area contributed by atoms with Crippen molar-refractivity contribution in [1.82, 2.24) is 4.31 Å². The molecule has 37 heavy (non-hydrogen) atoms. The van der Waals surface area contributed by atoms with Crippen LogP contribution in [0, 0.1) is 0 Å². The lowest BCUT2D eigenvalue weighted by Gasteiger charge is -2.10. The van der Waals surface area contributed by atoms with E-state index in [-0.39, 0.29) is 22.8 Å². The number of aromatic carboxylic acids is 1. The molecule has 0 atom stereocenters. The first kappa shape index (κ1) is 24.5. The van der Waals surface area contributed by atoms with Crippen LogP contribution >= 0.6 is 0 Å². The number of carboxylic acid groups (broad SMARTS) is 1. The Hall–Kier alpha value is -4.21. The van der Waals surface area contributed by atoms with Gasteiger partial charge in [0, 0.05) is 19.5 Å². The molecule has 0 saturated carbocycles. The summed E-state index contributed by atoms with van der Waals surface area (Å²) < 4.78 is 31.3. The van der Waals surface area contributed by atoms with Gasteiger partial charge in [-0.2, -0.15) is 4.31 Å². The zero-order chi connectivity index (χ0) is 26.2. The first-order valence-corrected chi connectivity index (χ1v) is 13.0. The monoisotopic (exact) mass is 517 g/mol. The Balaban J connectivity index is 1.29. The molecule has 1 saturated heterocycles. The van der Waals surface area contributed by atoms with Crippen molar-refractivity contribution >= 4 is 32.7 Å². The highest BCUT2D eigenvalue weighted by Gasteiger charge is 2.33. The number of ether oxygens (including phenoxy) is 1. The number of fused-ring (bicyclic) bond motifs is 1. The van der Waals surface area contributed by atoms with E-state index in [1.807, 2.05) is 0 Å². The van der Waals surface area contributed by atoms with E-state index >= 15 is 0 Å². The molecule has 0 aromatic heterocycles. The Labute approximate surface area is 213 Å². The van der Waals surface area contributed by atoms with Crippen LogP contribution in [0.2, 0.25) is 0 Å². The highest BCUT2D eigenvalue weighted by atomic mass is 32.2. The summed E-state index contributed by atoms with van der Waals surface area (Å²) >= 11 is 0. The van der Waals surface area contributed by atoms with Crippen molar-refractivity contribution < 1.29 is 33.0 Å². The Morgan fingerprint density at radius 2 is 1.46 bits per heavy atom. The largest absolute Gasteiger partial charge is 0.508 e.